The predicted molar refractivity (Wildman–Crippen MR) is 68.9 cm³/mol. The van der Waals surface area contributed by atoms with E-state index in [1.54, 1.807) is 11.8 Å². The van der Waals surface area contributed by atoms with E-state index in [9.17, 15) is 22.7 Å². The first-order chi connectivity index (χ1) is 9.29. The Hall–Kier alpha value is -0.750. The third kappa shape index (κ3) is 2.33. The van der Waals surface area contributed by atoms with Gasteiger partial charge in [-0.25, -0.2) is 4.39 Å². The maximum atomic E-state index is 14.2. The number of thioether (sulfide) groups is 1. The van der Waals surface area contributed by atoms with E-state index in [0.717, 1.165) is 12.8 Å². The van der Waals surface area contributed by atoms with Crippen molar-refractivity contribution in [3.8, 4) is 0 Å². The molecular formula is C14H14F4OS. The molecule has 2 unspecified atom stereocenters. The molecule has 1 N–H and O–H groups in total. The van der Waals surface area contributed by atoms with E-state index in [4.69, 9.17) is 0 Å². The van der Waals surface area contributed by atoms with Gasteiger partial charge in [0.05, 0.1) is 11.2 Å². The number of hydrogen-bond donors (Lipinski definition) is 1. The molecule has 2 saturated heterocycles. The third-order valence-corrected chi connectivity index (χ3v) is 5.71. The molecule has 0 radical (unpaired) electrons. The minimum Gasteiger partial charge on any atom is -0.385 e. The normalized spacial score (nSPS) is 33.5. The second-order valence-electron chi connectivity index (χ2n) is 5.56. The minimum absolute atomic E-state index is 0.204. The molecule has 2 fully saturated rings. The van der Waals surface area contributed by atoms with E-state index in [1.165, 1.54) is 12.1 Å². The van der Waals surface area contributed by atoms with Crippen LogP contribution in [0.15, 0.2) is 18.2 Å². The van der Waals surface area contributed by atoms with E-state index >= 15 is 0 Å². The van der Waals surface area contributed by atoms with Crippen LogP contribution < -0.4 is 0 Å². The summed E-state index contributed by atoms with van der Waals surface area (Å²) >= 11 is 1.76. The van der Waals surface area contributed by atoms with E-state index in [0.29, 0.717) is 18.9 Å². The summed E-state index contributed by atoms with van der Waals surface area (Å²) in [7, 11) is 0. The molecule has 1 nitrogen and oxygen atoms in total. The number of hydrogen-bond acceptors (Lipinski definition) is 2. The average molecular weight is 306 g/mol. The van der Waals surface area contributed by atoms with Gasteiger partial charge in [0.2, 0.25) is 0 Å². The number of benzene rings is 1. The highest BCUT2D eigenvalue weighted by molar-refractivity contribution is 8.00. The summed E-state index contributed by atoms with van der Waals surface area (Å²) in [5.41, 5.74) is -2.97. The largest absolute Gasteiger partial charge is 0.419 e. The maximum Gasteiger partial charge on any atom is 0.419 e. The van der Waals surface area contributed by atoms with Crippen molar-refractivity contribution < 1.29 is 22.7 Å². The molecule has 0 aliphatic carbocycles. The Kier molecular flexibility index (Phi) is 3.29. The average Bonchev–Trinajstić information content (AvgIpc) is 2.68. The molecule has 2 atom stereocenters. The molecule has 110 valence electrons. The number of alkyl halides is 3. The van der Waals surface area contributed by atoms with Crippen LogP contribution in [-0.4, -0.2) is 15.6 Å². The summed E-state index contributed by atoms with van der Waals surface area (Å²) in [5.74, 6) is -1.33. The Morgan fingerprint density at radius 1 is 1.15 bits per heavy atom. The van der Waals surface area contributed by atoms with Gasteiger partial charge in [-0.2, -0.15) is 24.9 Å². The molecule has 2 bridgehead atoms. The Labute approximate surface area is 118 Å². The van der Waals surface area contributed by atoms with Crippen molar-refractivity contribution in [1.82, 2.24) is 0 Å². The van der Waals surface area contributed by atoms with Crippen LogP contribution in [-0.2, 0) is 11.8 Å². The first-order valence-electron chi connectivity index (χ1n) is 6.54. The van der Waals surface area contributed by atoms with Crippen molar-refractivity contribution >= 4 is 11.8 Å². The lowest BCUT2D eigenvalue weighted by Gasteiger charge is -2.36. The topological polar surface area (TPSA) is 20.2 Å². The van der Waals surface area contributed by atoms with Crippen molar-refractivity contribution in [2.75, 3.05) is 0 Å². The van der Waals surface area contributed by atoms with E-state index < -0.39 is 23.2 Å². The molecule has 3 rings (SSSR count). The molecule has 20 heavy (non-hydrogen) atoms. The summed E-state index contributed by atoms with van der Waals surface area (Å²) in [6.07, 6.45) is -2.20. The van der Waals surface area contributed by atoms with Crippen molar-refractivity contribution in [2.24, 2.45) is 0 Å². The molecule has 2 heterocycles. The zero-order valence-corrected chi connectivity index (χ0v) is 11.4. The third-order valence-electron chi connectivity index (χ3n) is 4.13. The lowest BCUT2D eigenvalue weighted by molar-refractivity contribution is -0.140. The number of rotatable bonds is 1. The summed E-state index contributed by atoms with van der Waals surface area (Å²) in [4.78, 5) is 0. The van der Waals surface area contributed by atoms with Crippen LogP contribution in [0.2, 0.25) is 0 Å². The highest BCUT2D eigenvalue weighted by Crippen LogP contribution is 2.52. The van der Waals surface area contributed by atoms with Crippen LogP contribution in [0, 0.1) is 5.82 Å². The second-order valence-corrected chi connectivity index (χ2v) is 7.17. The zero-order valence-electron chi connectivity index (χ0n) is 10.6. The quantitative estimate of drug-likeness (QED) is 0.789. The van der Waals surface area contributed by atoms with Gasteiger partial charge in [-0.1, -0.05) is 12.1 Å². The molecular weight excluding hydrogens is 292 g/mol. The molecule has 0 amide bonds. The monoisotopic (exact) mass is 306 g/mol. The first-order valence-corrected chi connectivity index (χ1v) is 7.48. The second kappa shape index (κ2) is 4.63. The SMILES string of the molecule is OC1(c2cccc(C(F)(F)F)c2F)CC2CCC(C1)S2. The number of halogens is 4. The van der Waals surface area contributed by atoms with Gasteiger partial charge in [0.15, 0.2) is 0 Å². The molecule has 1 aromatic carbocycles. The lowest BCUT2D eigenvalue weighted by Crippen LogP contribution is -2.36. The summed E-state index contributed by atoms with van der Waals surface area (Å²) in [6.45, 7) is 0. The summed E-state index contributed by atoms with van der Waals surface area (Å²) in [6, 6.07) is 3.16. The molecule has 6 heteroatoms. The lowest BCUT2D eigenvalue weighted by atomic mass is 9.84. The molecule has 0 saturated carbocycles. The molecule has 2 aliphatic heterocycles. The first kappa shape index (κ1) is 14.2. The highest BCUT2D eigenvalue weighted by atomic mass is 32.2. The molecule has 0 aromatic heterocycles. The van der Waals surface area contributed by atoms with Crippen LogP contribution in [0.1, 0.15) is 36.8 Å². The fourth-order valence-electron chi connectivity index (χ4n) is 3.25. The molecule has 1 aromatic rings. The van der Waals surface area contributed by atoms with Crippen molar-refractivity contribution in [3.05, 3.63) is 35.1 Å². The minimum atomic E-state index is -4.74. The Balaban J connectivity index is 2.02. The summed E-state index contributed by atoms with van der Waals surface area (Å²) in [5, 5.41) is 11.1. The van der Waals surface area contributed by atoms with Crippen LogP contribution >= 0.6 is 11.8 Å². The number of aliphatic hydroxyl groups is 1. The smallest absolute Gasteiger partial charge is 0.385 e. The maximum absolute atomic E-state index is 14.2. The Morgan fingerprint density at radius 2 is 1.75 bits per heavy atom. The van der Waals surface area contributed by atoms with Gasteiger partial charge in [0, 0.05) is 16.1 Å². The van der Waals surface area contributed by atoms with Gasteiger partial charge in [0.25, 0.3) is 0 Å². The van der Waals surface area contributed by atoms with E-state index in [2.05, 4.69) is 0 Å². The van der Waals surface area contributed by atoms with Gasteiger partial charge in [0.1, 0.15) is 5.82 Å². The fourth-order valence-corrected chi connectivity index (χ4v) is 5.08. The summed E-state index contributed by atoms with van der Waals surface area (Å²) < 4.78 is 52.5. The van der Waals surface area contributed by atoms with Gasteiger partial charge in [-0.05, 0) is 31.7 Å². The van der Waals surface area contributed by atoms with Crippen molar-refractivity contribution in [3.63, 3.8) is 0 Å². The van der Waals surface area contributed by atoms with Gasteiger partial charge >= 0.3 is 6.18 Å². The zero-order chi connectivity index (χ0) is 14.5. The van der Waals surface area contributed by atoms with Crippen molar-refractivity contribution in [2.45, 2.75) is 48.0 Å². The Bertz CT molecular complexity index is 516. The molecule has 2 aliphatic rings. The van der Waals surface area contributed by atoms with Crippen molar-refractivity contribution in [1.29, 1.82) is 0 Å². The standard InChI is InChI=1S/C14H14F4OS/c15-12-10(2-1-3-11(12)14(16,17)18)13(19)6-8-4-5-9(7-13)20-8/h1-3,8-9,19H,4-7H2. The predicted octanol–water partition coefficient (Wildman–Crippen LogP) is 4.09. The highest BCUT2D eigenvalue weighted by Gasteiger charge is 2.47. The number of fused-ring (bicyclic) bond motifs is 2. The van der Waals surface area contributed by atoms with Crippen LogP contribution in [0.5, 0.6) is 0 Å². The van der Waals surface area contributed by atoms with Gasteiger partial charge in [-0.15, -0.1) is 0 Å². The fraction of sp³-hybridized carbons (Fsp3) is 0.571. The Morgan fingerprint density at radius 3 is 2.30 bits per heavy atom. The molecule has 0 spiro atoms. The van der Waals surface area contributed by atoms with Gasteiger partial charge in [-0.3, -0.25) is 0 Å². The van der Waals surface area contributed by atoms with E-state index in [1.807, 2.05) is 0 Å². The van der Waals surface area contributed by atoms with Crippen LogP contribution in [0.25, 0.3) is 0 Å². The van der Waals surface area contributed by atoms with Crippen LogP contribution in [0.4, 0.5) is 17.6 Å². The van der Waals surface area contributed by atoms with Crippen LogP contribution in [0.3, 0.4) is 0 Å². The van der Waals surface area contributed by atoms with Gasteiger partial charge < -0.3 is 5.11 Å². The van der Waals surface area contributed by atoms with E-state index in [-0.39, 0.29) is 16.1 Å².